The Morgan fingerprint density at radius 3 is 1.45 bits per heavy atom. The van der Waals surface area contributed by atoms with Crippen LogP contribution in [0.2, 0.25) is 10.0 Å². The van der Waals surface area contributed by atoms with E-state index in [1.54, 1.807) is 0 Å². The molecule has 0 radical (unpaired) electrons. The average Bonchev–Trinajstić information content (AvgIpc) is 2.46. The second-order valence-electron chi connectivity index (χ2n) is 4.02. The maximum absolute atomic E-state index is 11.8. The van der Waals surface area contributed by atoms with Crippen LogP contribution in [0.4, 0.5) is 0 Å². The SMILES string of the molecule is O=C(CSc1ccc(Cl)cc1)CSc1ccc(Cl)cc1. The van der Waals surface area contributed by atoms with Crippen molar-refractivity contribution in [2.45, 2.75) is 9.79 Å². The Balaban J connectivity index is 1.75. The Morgan fingerprint density at radius 1 is 0.750 bits per heavy atom. The fraction of sp³-hybridized carbons (Fsp3) is 0.133. The topological polar surface area (TPSA) is 17.1 Å². The molecule has 2 aromatic carbocycles. The lowest BCUT2D eigenvalue weighted by molar-refractivity contribution is -0.114. The largest absolute Gasteiger partial charge is 0.298 e. The normalized spacial score (nSPS) is 10.5. The van der Waals surface area contributed by atoms with Gasteiger partial charge in [0.05, 0.1) is 11.5 Å². The van der Waals surface area contributed by atoms with Crippen LogP contribution in [-0.4, -0.2) is 17.3 Å². The Morgan fingerprint density at radius 2 is 1.10 bits per heavy atom. The van der Waals surface area contributed by atoms with Crippen LogP contribution in [0.15, 0.2) is 58.3 Å². The van der Waals surface area contributed by atoms with Crippen molar-refractivity contribution < 1.29 is 4.79 Å². The summed E-state index contributed by atoms with van der Waals surface area (Å²) >= 11 is 14.7. The molecule has 0 heterocycles. The van der Waals surface area contributed by atoms with Gasteiger partial charge in [-0.15, -0.1) is 23.5 Å². The molecule has 0 unspecified atom stereocenters. The Kier molecular flexibility index (Phi) is 6.30. The molecule has 5 heteroatoms. The quantitative estimate of drug-likeness (QED) is 0.650. The third-order valence-electron chi connectivity index (χ3n) is 2.43. The van der Waals surface area contributed by atoms with E-state index in [4.69, 9.17) is 23.2 Å². The molecule has 0 saturated heterocycles. The van der Waals surface area contributed by atoms with E-state index in [9.17, 15) is 4.79 Å². The van der Waals surface area contributed by atoms with Crippen molar-refractivity contribution >= 4 is 52.5 Å². The van der Waals surface area contributed by atoms with Crippen molar-refractivity contribution in [3.05, 3.63) is 58.6 Å². The number of ketones is 1. The summed E-state index contributed by atoms with van der Waals surface area (Å²) in [6.45, 7) is 0. The second kappa shape index (κ2) is 7.99. The summed E-state index contributed by atoms with van der Waals surface area (Å²) in [5, 5.41) is 1.41. The molecule has 0 spiro atoms. The first-order valence-electron chi connectivity index (χ1n) is 5.92. The summed E-state index contributed by atoms with van der Waals surface area (Å²) in [5.41, 5.74) is 0. The van der Waals surface area contributed by atoms with Crippen LogP contribution in [0.1, 0.15) is 0 Å². The van der Waals surface area contributed by atoms with Crippen molar-refractivity contribution in [2.75, 3.05) is 11.5 Å². The number of halogens is 2. The van der Waals surface area contributed by atoms with Crippen LogP contribution < -0.4 is 0 Å². The minimum absolute atomic E-state index is 0.213. The number of rotatable bonds is 6. The Hall–Kier alpha value is -0.610. The molecule has 2 aromatic rings. The minimum Gasteiger partial charge on any atom is -0.298 e. The van der Waals surface area contributed by atoms with Crippen molar-refractivity contribution in [3.8, 4) is 0 Å². The molecule has 0 bridgehead atoms. The highest BCUT2D eigenvalue weighted by Crippen LogP contribution is 2.23. The highest BCUT2D eigenvalue weighted by Gasteiger charge is 2.05. The minimum atomic E-state index is 0.213. The second-order valence-corrected chi connectivity index (χ2v) is 6.99. The zero-order chi connectivity index (χ0) is 14.4. The first kappa shape index (κ1) is 15.8. The van der Waals surface area contributed by atoms with Crippen molar-refractivity contribution in [1.82, 2.24) is 0 Å². The summed E-state index contributed by atoms with van der Waals surface area (Å²) in [6, 6.07) is 15.0. The van der Waals surface area contributed by atoms with E-state index in [1.807, 2.05) is 48.5 Å². The maximum atomic E-state index is 11.8. The lowest BCUT2D eigenvalue weighted by Crippen LogP contribution is -2.04. The maximum Gasteiger partial charge on any atom is 0.153 e. The van der Waals surface area contributed by atoms with Gasteiger partial charge in [0.25, 0.3) is 0 Å². The van der Waals surface area contributed by atoms with Crippen LogP contribution in [-0.2, 0) is 4.79 Å². The predicted octanol–water partition coefficient (Wildman–Crippen LogP) is 5.45. The van der Waals surface area contributed by atoms with E-state index in [1.165, 1.54) is 23.5 Å². The molecule has 0 saturated carbocycles. The third kappa shape index (κ3) is 5.41. The molecule has 0 aliphatic rings. The molecule has 0 aliphatic heterocycles. The summed E-state index contributed by atoms with van der Waals surface area (Å²) in [5.74, 6) is 1.16. The van der Waals surface area contributed by atoms with Crippen molar-refractivity contribution in [3.63, 3.8) is 0 Å². The van der Waals surface area contributed by atoms with Crippen molar-refractivity contribution in [2.24, 2.45) is 0 Å². The van der Waals surface area contributed by atoms with Gasteiger partial charge in [0, 0.05) is 19.8 Å². The monoisotopic (exact) mass is 342 g/mol. The molecule has 2 rings (SSSR count). The molecule has 0 aromatic heterocycles. The van der Waals surface area contributed by atoms with Crippen LogP contribution in [0, 0.1) is 0 Å². The van der Waals surface area contributed by atoms with Crippen LogP contribution in [0.25, 0.3) is 0 Å². The van der Waals surface area contributed by atoms with Gasteiger partial charge >= 0.3 is 0 Å². The fourth-order valence-corrected chi connectivity index (χ4v) is 3.33. The van der Waals surface area contributed by atoms with Crippen molar-refractivity contribution in [1.29, 1.82) is 0 Å². The summed E-state index contributed by atoms with van der Waals surface area (Å²) in [7, 11) is 0. The number of carbonyl (C=O) groups excluding carboxylic acids is 1. The van der Waals surface area contributed by atoms with Gasteiger partial charge in [0.1, 0.15) is 0 Å². The highest BCUT2D eigenvalue weighted by molar-refractivity contribution is 8.01. The van der Waals surface area contributed by atoms with E-state index < -0.39 is 0 Å². The molecule has 0 atom stereocenters. The van der Waals surface area contributed by atoms with Gasteiger partial charge in [0.2, 0.25) is 0 Å². The summed E-state index contributed by atoms with van der Waals surface area (Å²) in [4.78, 5) is 13.9. The van der Waals surface area contributed by atoms with Gasteiger partial charge in [0.15, 0.2) is 5.78 Å². The van der Waals surface area contributed by atoms with E-state index in [-0.39, 0.29) is 5.78 Å². The lowest BCUT2D eigenvalue weighted by atomic mass is 10.4. The van der Waals surface area contributed by atoms with Gasteiger partial charge in [-0.25, -0.2) is 0 Å². The molecular weight excluding hydrogens is 331 g/mol. The van der Waals surface area contributed by atoms with E-state index in [2.05, 4.69) is 0 Å². The van der Waals surface area contributed by atoms with Gasteiger partial charge in [-0.2, -0.15) is 0 Å². The highest BCUT2D eigenvalue weighted by atomic mass is 35.5. The molecule has 1 nitrogen and oxygen atoms in total. The molecule has 0 N–H and O–H groups in total. The summed E-state index contributed by atoms with van der Waals surface area (Å²) < 4.78 is 0. The Labute approximate surface area is 137 Å². The molecular formula is C15H12Cl2OS2. The van der Waals surface area contributed by atoms with Gasteiger partial charge in [-0.05, 0) is 48.5 Å². The number of carbonyl (C=O) groups is 1. The number of benzene rings is 2. The predicted molar refractivity (Wildman–Crippen MR) is 89.4 cm³/mol. The van der Waals surface area contributed by atoms with E-state index in [0.717, 1.165) is 9.79 Å². The third-order valence-corrected chi connectivity index (χ3v) is 5.07. The average molecular weight is 343 g/mol. The lowest BCUT2D eigenvalue weighted by Gasteiger charge is -2.02. The Bertz CT molecular complexity index is 516. The molecule has 0 amide bonds. The molecule has 20 heavy (non-hydrogen) atoms. The first-order chi connectivity index (χ1) is 9.63. The molecule has 104 valence electrons. The van der Waals surface area contributed by atoms with Crippen LogP contribution >= 0.6 is 46.7 Å². The number of hydrogen-bond acceptors (Lipinski definition) is 3. The van der Waals surface area contributed by atoms with Gasteiger partial charge < -0.3 is 0 Å². The summed E-state index contributed by atoms with van der Waals surface area (Å²) in [6.07, 6.45) is 0. The van der Waals surface area contributed by atoms with Crippen LogP contribution in [0.3, 0.4) is 0 Å². The fourth-order valence-electron chi connectivity index (χ4n) is 1.43. The van der Waals surface area contributed by atoms with E-state index >= 15 is 0 Å². The van der Waals surface area contributed by atoms with E-state index in [0.29, 0.717) is 21.6 Å². The first-order valence-corrected chi connectivity index (χ1v) is 8.64. The smallest absolute Gasteiger partial charge is 0.153 e. The van der Waals surface area contributed by atoms with Crippen LogP contribution in [0.5, 0.6) is 0 Å². The molecule has 0 fully saturated rings. The number of Topliss-reactive ketones (excluding diaryl/α,β-unsaturated/α-hetero) is 1. The van der Waals surface area contributed by atoms with Gasteiger partial charge in [-0.3, -0.25) is 4.79 Å². The number of hydrogen-bond donors (Lipinski definition) is 0. The standard InChI is InChI=1S/C15H12Cl2OS2/c16-11-1-5-14(6-2-11)19-9-13(18)10-20-15-7-3-12(17)4-8-15/h1-8H,9-10H2. The number of thioether (sulfide) groups is 2. The zero-order valence-electron chi connectivity index (χ0n) is 10.5. The zero-order valence-corrected chi connectivity index (χ0v) is 13.7. The molecule has 0 aliphatic carbocycles. The van der Waals surface area contributed by atoms with Gasteiger partial charge in [-0.1, -0.05) is 23.2 Å².